The number of benzene rings is 3. The topological polar surface area (TPSA) is 55.2 Å². The van der Waals surface area contributed by atoms with Crippen molar-refractivity contribution in [1.82, 2.24) is 9.55 Å². The third-order valence-electron chi connectivity index (χ3n) is 5.76. The molecule has 2 aromatic heterocycles. The molecular formula is C29H23N3O2. The lowest BCUT2D eigenvalue weighted by Gasteiger charge is -2.23. The van der Waals surface area contributed by atoms with E-state index in [4.69, 9.17) is 0 Å². The summed E-state index contributed by atoms with van der Waals surface area (Å²) in [5, 5.41) is 0.745. The number of amides is 1. The van der Waals surface area contributed by atoms with Crippen LogP contribution in [0.3, 0.4) is 0 Å². The van der Waals surface area contributed by atoms with Gasteiger partial charge in [-0.1, -0.05) is 78.9 Å². The largest absolute Gasteiger partial charge is 0.304 e. The highest BCUT2D eigenvalue weighted by Crippen LogP contribution is 2.21. The summed E-state index contributed by atoms with van der Waals surface area (Å²) < 4.78 is 1.59. The van der Waals surface area contributed by atoms with Gasteiger partial charge in [0.2, 0.25) is 0 Å². The Bertz CT molecular complexity index is 1480. The van der Waals surface area contributed by atoms with Crippen LogP contribution in [0.15, 0.2) is 120 Å². The molecule has 1 amide bonds. The Hall–Kier alpha value is -4.51. The van der Waals surface area contributed by atoms with Gasteiger partial charge in [-0.05, 0) is 41.5 Å². The van der Waals surface area contributed by atoms with Crippen molar-refractivity contribution in [2.45, 2.75) is 13.1 Å². The molecule has 0 aliphatic carbocycles. The average molecular weight is 446 g/mol. The fourth-order valence-electron chi connectivity index (χ4n) is 4.07. The Morgan fingerprint density at radius 2 is 1.38 bits per heavy atom. The minimum atomic E-state index is -0.353. The van der Waals surface area contributed by atoms with Crippen molar-refractivity contribution < 1.29 is 4.79 Å². The minimum absolute atomic E-state index is 0.121. The SMILES string of the molecule is O=C(c1cc2cccnc2n(Cc2ccccc2)c1=O)N(Cc1ccccc1)c1ccccc1. The lowest BCUT2D eigenvalue weighted by Crippen LogP contribution is -2.37. The van der Waals surface area contributed by atoms with Gasteiger partial charge in [-0.25, -0.2) is 4.98 Å². The van der Waals surface area contributed by atoms with E-state index in [-0.39, 0.29) is 17.0 Å². The molecule has 5 aromatic rings. The van der Waals surface area contributed by atoms with Gasteiger partial charge in [-0.2, -0.15) is 0 Å². The van der Waals surface area contributed by atoms with Crippen molar-refractivity contribution in [3.63, 3.8) is 0 Å². The van der Waals surface area contributed by atoms with E-state index in [1.54, 1.807) is 21.7 Å². The summed E-state index contributed by atoms with van der Waals surface area (Å²) in [4.78, 5) is 33.7. The number of para-hydroxylation sites is 1. The molecule has 5 heteroatoms. The van der Waals surface area contributed by atoms with Crippen molar-refractivity contribution in [1.29, 1.82) is 0 Å². The van der Waals surface area contributed by atoms with Crippen LogP contribution in [-0.4, -0.2) is 15.5 Å². The second-order valence-electron chi connectivity index (χ2n) is 8.06. The van der Waals surface area contributed by atoms with Crippen LogP contribution >= 0.6 is 0 Å². The van der Waals surface area contributed by atoms with Crippen molar-refractivity contribution in [3.05, 3.63) is 142 Å². The molecule has 0 bridgehead atoms. The third kappa shape index (κ3) is 4.36. The number of hydrogen-bond donors (Lipinski definition) is 0. The molecule has 3 aromatic carbocycles. The van der Waals surface area contributed by atoms with Crippen LogP contribution in [0, 0.1) is 0 Å². The van der Waals surface area contributed by atoms with Crippen LogP contribution in [0.4, 0.5) is 5.69 Å². The fraction of sp³-hybridized carbons (Fsp3) is 0.0690. The summed E-state index contributed by atoms with van der Waals surface area (Å²) in [6.07, 6.45) is 1.66. The van der Waals surface area contributed by atoms with E-state index in [0.29, 0.717) is 18.7 Å². The molecule has 0 N–H and O–H groups in total. The predicted octanol–water partition coefficient (Wildman–Crippen LogP) is 5.29. The molecule has 0 saturated carbocycles. The Morgan fingerprint density at radius 1 is 0.765 bits per heavy atom. The number of anilines is 1. The number of aromatic nitrogens is 2. The third-order valence-corrected chi connectivity index (χ3v) is 5.76. The van der Waals surface area contributed by atoms with Gasteiger partial charge in [0.25, 0.3) is 11.5 Å². The van der Waals surface area contributed by atoms with E-state index in [1.807, 2.05) is 103 Å². The maximum absolute atomic E-state index is 13.9. The molecule has 0 atom stereocenters. The van der Waals surface area contributed by atoms with Crippen LogP contribution in [-0.2, 0) is 13.1 Å². The standard InChI is InChI=1S/C29H23N3O2/c33-28(31(25-16-8-3-9-17-25)20-22-11-4-1-5-12-22)26-19-24-15-10-18-30-27(24)32(29(26)34)21-23-13-6-2-7-14-23/h1-19H,20-21H2. The molecule has 34 heavy (non-hydrogen) atoms. The van der Waals surface area contributed by atoms with E-state index in [2.05, 4.69) is 4.98 Å². The molecule has 0 radical (unpaired) electrons. The number of fused-ring (bicyclic) bond motifs is 1. The van der Waals surface area contributed by atoms with Crippen LogP contribution < -0.4 is 10.5 Å². The zero-order chi connectivity index (χ0) is 23.3. The highest BCUT2D eigenvalue weighted by atomic mass is 16.2. The lowest BCUT2D eigenvalue weighted by molar-refractivity contribution is 0.0983. The van der Waals surface area contributed by atoms with Gasteiger partial charge in [0.1, 0.15) is 11.2 Å². The molecule has 0 aliphatic rings. The molecule has 0 spiro atoms. The maximum Gasteiger partial charge on any atom is 0.265 e. The highest BCUT2D eigenvalue weighted by Gasteiger charge is 2.23. The molecule has 0 unspecified atom stereocenters. The Labute approximate surface area is 197 Å². The van der Waals surface area contributed by atoms with Gasteiger partial charge in [-0.3, -0.25) is 14.2 Å². The number of carbonyl (C=O) groups is 1. The monoisotopic (exact) mass is 445 g/mol. The van der Waals surface area contributed by atoms with Crippen LogP contribution in [0.25, 0.3) is 11.0 Å². The van der Waals surface area contributed by atoms with Crippen molar-refractivity contribution in [2.75, 3.05) is 4.90 Å². The minimum Gasteiger partial charge on any atom is -0.304 e. The summed E-state index contributed by atoms with van der Waals surface area (Å²) in [6, 6.07) is 34.3. The van der Waals surface area contributed by atoms with E-state index < -0.39 is 0 Å². The maximum atomic E-state index is 13.9. The molecule has 0 aliphatic heterocycles. The first kappa shape index (κ1) is 21.3. The summed E-state index contributed by atoms with van der Waals surface area (Å²) >= 11 is 0. The average Bonchev–Trinajstić information content (AvgIpc) is 2.90. The molecular weight excluding hydrogens is 422 g/mol. The van der Waals surface area contributed by atoms with Crippen molar-refractivity contribution >= 4 is 22.6 Å². The Balaban J connectivity index is 1.63. The van der Waals surface area contributed by atoms with Gasteiger partial charge < -0.3 is 4.90 Å². The van der Waals surface area contributed by atoms with Gasteiger partial charge in [0.15, 0.2) is 0 Å². The highest BCUT2D eigenvalue weighted by molar-refractivity contribution is 6.07. The number of rotatable bonds is 6. The van der Waals surface area contributed by atoms with Crippen LogP contribution in [0.2, 0.25) is 0 Å². The fourth-order valence-corrected chi connectivity index (χ4v) is 4.07. The zero-order valence-corrected chi connectivity index (χ0v) is 18.5. The molecule has 0 saturated heterocycles. The Kier molecular flexibility index (Phi) is 5.99. The van der Waals surface area contributed by atoms with Crippen molar-refractivity contribution in [2.24, 2.45) is 0 Å². The first-order chi connectivity index (χ1) is 16.7. The van der Waals surface area contributed by atoms with Gasteiger partial charge in [0, 0.05) is 17.3 Å². The molecule has 5 nitrogen and oxygen atoms in total. The van der Waals surface area contributed by atoms with E-state index in [9.17, 15) is 9.59 Å². The summed E-state index contributed by atoms with van der Waals surface area (Å²) in [6.45, 7) is 0.686. The summed E-state index contributed by atoms with van der Waals surface area (Å²) in [5.41, 5.74) is 3.00. The number of carbonyl (C=O) groups excluding carboxylic acids is 1. The normalized spacial score (nSPS) is 10.8. The number of hydrogen-bond acceptors (Lipinski definition) is 3. The number of pyridine rings is 2. The van der Waals surface area contributed by atoms with Crippen molar-refractivity contribution in [3.8, 4) is 0 Å². The first-order valence-electron chi connectivity index (χ1n) is 11.1. The van der Waals surface area contributed by atoms with E-state index in [1.165, 1.54) is 0 Å². The van der Waals surface area contributed by atoms with Gasteiger partial charge in [0.05, 0.1) is 13.1 Å². The summed E-state index contributed by atoms with van der Waals surface area (Å²) in [5.74, 6) is -0.340. The smallest absolute Gasteiger partial charge is 0.265 e. The first-order valence-corrected chi connectivity index (χ1v) is 11.1. The second kappa shape index (κ2) is 9.55. The second-order valence-corrected chi connectivity index (χ2v) is 8.06. The van der Waals surface area contributed by atoms with Gasteiger partial charge in [-0.15, -0.1) is 0 Å². The molecule has 2 heterocycles. The van der Waals surface area contributed by atoms with Crippen LogP contribution in [0.5, 0.6) is 0 Å². The lowest BCUT2D eigenvalue weighted by atomic mass is 10.1. The zero-order valence-electron chi connectivity index (χ0n) is 18.5. The molecule has 0 fully saturated rings. The Morgan fingerprint density at radius 3 is 2.06 bits per heavy atom. The molecule has 166 valence electrons. The van der Waals surface area contributed by atoms with E-state index >= 15 is 0 Å². The predicted molar refractivity (Wildman–Crippen MR) is 135 cm³/mol. The van der Waals surface area contributed by atoms with Crippen LogP contribution in [0.1, 0.15) is 21.5 Å². The number of nitrogens with zero attached hydrogens (tertiary/aromatic N) is 3. The summed E-state index contributed by atoms with van der Waals surface area (Å²) in [7, 11) is 0. The van der Waals surface area contributed by atoms with Gasteiger partial charge >= 0.3 is 0 Å². The van der Waals surface area contributed by atoms with E-state index in [0.717, 1.165) is 22.2 Å². The molecule has 5 rings (SSSR count). The quantitative estimate of drug-likeness (QED) is 0.357.